The van der Waals surface area contributed by atoms with Crippen LogP contribution in [0.15, 0.2) is 18.2 Å². The molecule has 16 heavy (non-hydrogen) atoms. The molecule has 0 amide bonds. The van der Waals surface area contributed by atoms with Crippen LogP contribution in [0.1, 0.15) is 12.0 Å². The largest absolute Gasteiger partial charge is 0.392 e. The summed E-state index contributed by atoms with van der Waals surface area (Å²) in [5.74, 6) is 2.39. The summed E-state index contributed by atoms with van der Waals surface area (Å²) in [6.45, 7) is 2.18. The highest BCUT2D eigenvalue weighted by Gasteiger charge is 2.13. The molecule has 0 unspecified atom stereocenters. The maximum absolute atomic E-state index is 9.35. The lowest BCUT2D eigenvalue weighted by atomic mass is 10.1. The van der Waals surface area contributed by atoms with Gasteiger partial charge in [-0.1, -0.05) is 11.6 Å². The number of nitrogens with zero attached hydrogens (tertiary/aromatic N) is 1. The van der Waals surface area contributed by atoms with E-state index in [1.165, 1.54) is 12.2 Å². The van der Waals surface area contributed by atoms with E-state index < -0.39 is 0 Å². The minimum absolute atomic E-state index is 0.0551. The predicted molar refractivity (Wildman–Crippen MR) is 71.5 cm³/mol. The van der Waals surface area contributed by atoms with E-state index in [1.54, 1.807) is 0 Å². The van der Waals surface area contributed by atoms with Gasteiger partial charge in [0, 0.05) is 35.1 Å². The quantitative estimate of drug-likeness (QED) is 0.881. The van der Waals surface area contributed by atoms with Gasteiger partial charge in [-0.3, -0.25) is 0 Å². The van der Waals surface area contributed by atoms with Crippen LogP contribution in [-0.2, 0) is 6.61 Å². The number of halogens is 1. The molecule has 0 radical (unpaired) electrons. The van der Waals surface area contributed by atoms with Crippen molar-refractivity contribution < 1.29 is 5.11 Å². The number of thioether (sulfide) groups is 1. The number of rotatable bonds is 2. The normalized spacial score (nSPS) is 17.2. The molecule has 1 fully saturated rings. The Labute approximate surface area is 106 Å². The SMILES string of the molecule is OCc1cc(Cl)ccc1N1CCCSCC1. The zero-order chi connectivity index (χ0) is 11.4. The number of aliphatic hydroxyl groups excluding tert-OH is 1. The van der Waals surface area contributed by atoms with Gasteiger partial charge in [-0.25, -0.2) is 0 Å². The molecule has 1 aromatic rings. The van der Waals surface area contributed by atoms with E-state index in [-0.39, 0.29) is 6.61 Å². The van der Waals surface area contributed by atoms with Crippen LogP contribution in [0.25, 0.3) is 0 Å². The van der Waals surface area contributed by atoms with Gasteiger partial charge in [-0.2, -0.15) is 11.8 Å². The second kappa shape index (κ2) is 5.80. The first-order chi connectivity index (χ1) is 7.81. The highest BCUT2D eigenvalue weighted by Crippen LogP contribution is 2.26. The van der Waals surface area contributed by atoms with Gasteiger partial charge >= 0.3 is 0 Å². The molecule has 0 saturated carbocycles. The third kappa shape index (κ3) is 2.84. The van der Waals surface area contributed by atoms with Crippen LogP contribution in [-0.4, -0.2) is 29.7 Å². The van der Waals surface area contributed by atoms with Gasteiger partial charge in [0.15, 0.2) is 0 Å². The summed E-state index contributed by atoms with van der Waals surface area (Å²) in [7, 11) is 0. The molecule has 1 aliphatic rings. The molecule has 2 nitrogen and oxygen atoms in total. The predicted octanol–water partition coefficient (Wildman–Crippen LogP) is 2.78. The fourth-order valence-corrected chi connectivity index (χ4v) is 3.06. The van der Waals surface area contributed by atoms with Gasteiger partial charge in [0.25, 0.3) is 0 Å². The van der Waals surface area contributed by atoms with E-state index in [9.17, 15) is 5.11 Å². The molecule has 1 N–H and O–H groups in total. The molecule has 0 aromatic heterocycles. The second-order valence-corrected chi connectivity index (χ2v) is 5.55. The third-order valence-electron chi connectivity index (χ3n) is 2.77. The first-order valence-electron chi connectivity index (χ1n) is 5.53. The number of aliphatic hydroxyl groups is 1. The van der Waals surface area contributed by atoms with Gasteiger partial charge in [0.1, 0.15) is 0 Å². The molecule has 1 aromatic carbocycles. The smallest absolute Gasteiger partial charge is 0.0702 e. The molecule has 1 heterocycles. The number of anilines is 1. The summed E-state index contributed by atoms with van der Waals surface area (Å²) in [6.07, 6.45) is 1.21. The van der Waals surface area contributed by atoms with Crippen LogP contribution in [0.4, 0.5) is 5.69 Å². The van der Waals surface area contributed by atoms with E-state index in [0.29, 0.717) is 5.02 Å². The number of benzene rings is 1. The first-order valence-corrected chi connectivity index (χ1v) is 7.06. The Morgan fingerprint density at radius 2 is 2.19 bits per heavy atom. The summed E-state index contributed by atoms with van der Waals surface area (Å²) in [4.78, 5) is 2.35. The minimum atomic E-state index is 0.0551. The molecule has 0 spiro atoms. The first kappa shape index (κ1) is 12.1. The Hall–Kier alpha value is -0.380. The van der Waals surface area contributed by atoms with Crippen molar-refractivity contribution in [2.45, 2.75) is 13.0 Å². The van der Waals surface area contributed by atoms with Gasteiger partial charge in [-0.05, 0) is 30.4 Å². The van der Waals surface area contributed by atoms with Crippen molar-refractivity contribution in [3.05, 3.63) is 28.8 Å². The summed E-state index contributed by atoms with van der Waals surface area (Å²) in [5.41, 5.74) is 2.06. The van der Waals surface area contributed by atoms with Crippen LogP contribution >= 0.6 is 23.4 Å². The van der Waals surface area contributed by atoms with Crippen LogP contribution in [0, 0.1) is 0 Å². The Morgan fingerprint density at radius 1 is 1.31 bits per heavy atom. The number of hydrogen-bond donors (Lipinski definition) is 1. The van der Waals surface area contributed by atoms with Gasteiger partial charge in [0.05, 0.1) is 6.61 Å². The lowest BCUT2D eigenvalue weighted by Gasteiger charge is -2.24. The van der Waals surface area contributed by atoms with E-state index in [1.807, 2.05) is 30.0 Å². The van der Waals surface area contributed by atoms with Crippen molar-refractivity contribution in [2.75, 3.05) is 29.5 Å². The van der Waals surface area contributed by atoms with Crippen molar-refractivity contribution >= 4 is 29.1 Å². The van der Waals surface area contributed by atoms with Crippen LogP contribution in [0.3, 0.4) is 0 Å². The highest BCUT2D eigenvalue weighted by molar-refractivity contribution is 7.99. The molecule has 4 heteroatoms. The summed E-state index contributed by atoms with van der Waals surface area (Å²) in [6, 6.07) is 5.77. The van der Waals surface area contributed by atoms with Crippen molar-refractivity contribution in [1.82, 2.24) is 0 Å². The molecule has 1 saturated heterocycles. The van der Waals surface area contributed by atoms with Crippen LogP contribution in [0.2, 0.25) is 5.02 Å². The van der Waals surface area contributed by atoms with E-state index in [4.69, 9.17) is 11.6 Å². The lowest BCUT2D eigenvalue weighted by Crippen LogP contribution is -2.26. The molecule has 88 valence electrons. The highest BCUT2D eigenvalue weighted by atomic mass is 35.5. The van der Waals surface area contributed by atoms with Gasteiger partial charge in [0.2, 0.25) is 0 Å². The Kier molecular flexibility index (Phi) is 4.38. The van der Waals surface area contributed by atoms with Crippen molar-refractivity contribution in [1.29, 1.82) is 0 Å². The van der Waals surface area contributed by atoms with Crippen LogP contribution < -0.4 is 4.90 Å². The molecular formula is C12H16ClNOS. The molecule has 0 bridgehead atoms. The lowest BCUT2D eigenvalue weighted by molar-refractivity contribution is 0.282. The second-order valence-electron chi connectivity index (χ2n) is 3.88. The zero-order valence-electron chi connectivity index (χ0n) is 9.16. The van der Waals surface area contributed by atoms with Gasteiger partial charge in [-0.15, -0.1) is 0 Å². The number of hydrogen-bond acceptors (Lipinski definition) is 3. The summed E-state index contributed by atoms with van der Waals surface area (Å²) in [5, 5.41) is 10.0. The van der Waals surface area contributed by atoms with Crippen molar-refractivity contribution in [3.8, 4) is 0 Å². The van der Waals surface area contributed by atoms with E-state index in [2.05, 4.69) is 4.90 Å². The monoisotopic (exact) mass is 257 g/mol. The van der Waals surface area contributed by atoms with Crippen molar-refractivity contribution in [3.63, 3.8) is 0 Å². The molecular weight excluding hydrogens is 242 g/mol. The summed E-state index contributed by atoms with van der Waals surface area (Å²) >= 11 is 7.93. The van der Waals surface area contributed by atoms with E-state index in [0.717, 1.165) is 30.1 Å². The maximum atomic E-state index is 9.35. The Morgan fingerprint density at radius 3 is 3.00 bits per heavy atom. The molecule has 1 aliphatic heterocycles. The fourth-order valence-electron chi connectivity index (χ4n) is 1.98. The topological polar surface area (TPSA) is 23.5 Å². The minimum Gasteiger partial charge on any atom is -0.392 e. The average molecular weight is 258 g/mol. The third-order valence-corrected chi connectivity index (χ3v) is 4.06. The average Bonchev–Trinajstić information content (AvgIpc) is 2.57. The van der Waals surface area contributed by atoms with Crippen LogP contribution in [0.5, 0.6) is 0 Å². The Balaban J connectivity index is 2.23. The molecule has 2 rings (SSSR count). The molecule has 0 atom stereocenters. The maximum Gasteiger partial charge on any atom is 0.0702 e. The molecule has 0 aliphatic carbocycles. The van der Waals surface area contributed by atoms with E-state index >= 15 is 0 Å². The summed E-state index contributed by atoms with van der Waals surface area (Å²) < 4.78 is 0. The van der Waals surface area contributed by atoms with Crippen molar-refractivity contribution in [2.24, 2.45) is 0 Å². The van der Waals surface area contributed by atoms with Gasteiger partial charge < -0.3 is 10.0 Å². The fraction of sp³-hybridized carbons (Fsp3) is 0.500. The zero-order valence-corrected chi connectivity index (χ0v) is 10.7. The Bertz CT molecular complexity index is 351. The standard InChI is InChI=1S/C12H16ClNOS/c13-11-2-3-12(10(8-11)9-15)14-4-1-6-16-7-5-14/h2-3,8,15H,1,4-7,9H2.